The minimum absolute atomic E-state index is 0.224. The molecule has 0 spiro atoms. The number of aryl methyl sites for hydroxylation is 1. The Bertz CT molecular complexity index is 360. The molecular weight excluding hydrogens is 230 g/mol. The molecule has 0 aromatic heterocycles. The zero-order chi connectivity index (χ0) is 14.0. The van der Waals surface area contributed by atoms with Gasteiger partial charge in [0, 0.05) is 0 Å². The van der Waals surface area contributed by atoms with Crippen LogP contribution < -0.4 is 5.32 Å². The first-order valence-electron chi connectivity index (χ1n) is 5.79. The van der Waals surface area contributed by atoms with E-state index in [4.69, 9.17) is 9.53 Å². The van der Waals surface area contributed by atoms with Crippen molar-refractivity contribution in [3.05, 3.63) is 35.4 Å². The smallest absolute Gasteiger partial charge is 0.323 e. The molecule has 18 heavy (non-hydrogen) atoms. The molecule has 0 aliphatic carbocycles. The maximum atomic E-state index is 11.3. The molecule has 1 rings (SSSR count). The van der Waals surface area contributed by atoms with Gasteiger partial charge in [-0.15, -0.1) is 0 Å². The third kappa shape index (κ3) is 6.15. The third-order valence-corrected chi connectivity index (χ3v) is 2.39. The van der Waals surface area contributed by atoms with E-state index in [-0.39, 0.29) is 12.0 Å². The number of methoxy groups -OCH3 is 1. The molecule has 1 unspecified atom stereocenters. The molecule has 1 atom stereocenters. The quantitative estimate of drug-likeness (QED) is 0.651. The van der Waals surface area contributed by atoms with Gasteiger partial charge in [0.1, 0.15) is 12.3 Å². The molecule has 1 aromatic rings. The summed E-state index contributed by atoms with van der Waals surface area (Å²) < 4.78 is 4.70. The Morgan fingerprint density at radius 1 is 1.39 bits per heavy atom. The molecule has 0 bridgehead atoms. The first-order valence-corrected chi connectivity index (χ1v) is 5.79. The second-order valence-corrected chi connectivity index (χ2v) is 3.79. The van der Waals surface area contributed by atoms with Gasteiger partial charge in [0.2, 0.25) is 0 Å². The summed E-state index contributed by atoms with van der Waals surface area (Å²) in [7, 11) is 3.16. The van der Waals surface area contributed by atoms with Gasteiger partial charge in [-0.25, -0.2) is 0 Å². The van der Waals surface area contributed by atoms with Crippen molar-refractivity contribution in [2.75, 3.05) is 14.2 Å². The maximum absolute atomic E-state index is 11.3. The highest BCUT2D eigenvalue weighted by atomic mass is 16.5. The van der Waals surface area contributed by atoms with Gasteiger partial charge < -0.3 is 14.8 Å². The zero-order valence-electron chi connectivity index (χ0n) is 11.4. The number of likely N-dealkylation sites (N-methyl/N-ethyl adjacent to an activating group) is 1. The van der Waals surface area contributed by atoms with E-state index in [1.165, 1.54) is 19.6 Å². The van der Waals surface area contributed by atoms with Crippen molar-refractivity contribution in [2.24, 2.45) is 0 Å². The van der Waals surface area contributed by atoms with Gasteiger partial charge in [0.15, 0.2) is 0 Å². The molecule has 0 amide bonds. The highest BCUT2D eigenvalue weighted by Gasteiger charge is 2.16. The molecule has 4 heteroatoms. The van der Waals surface area contributed by atoms with Crippen LogP contribution in [-0.2, 0) is 20.7 Å². The molecule has 0 fully saturated rings. The Morgan fingerprint density at radius 3 is 2.28 bits per heavy atom. The van der Waals surface area contributed by atoms with E-state index in [1.807, 2.05) is 31.2 Å². The second-order valence-electron chi connectivity index (χ2n) is 3.79. The molecule has 0 radical (unpaired) electrons. The number of hydrogen-bond donors (Lipinski definition) is 1. The Morgan fingerprint density at radius 2 is 1.89 bits per heavy atom. The van der Waals surface area contributed by atoms with Crippen LogP contribution in [0, 0.1) is 6.92 Å². The van der Waals surface area contributed by atoms with Crippen LogP contribution in [-0.4, -0.2) is 32.5 Å². The monoisotopic (exact) mass is 251 g/mol. The lowest BCUT2D eigenvalue weighted by molar-refractivity contribution is -0.142. The minimum atomic E-state index is -0.266. The van der Waals surface area contributed by atoms with Crippen LogP contribution >= 0.6 is 0 Å². The first kappa shape index (κ1) is 16.3. The standard InChI is InChI=1S/C12H17NO2.C2H4O/c1-9-4-6-10(7-5-9)8-11(13-2)12(14)15-3;1-2-3/h4-7,11,13H,8H2,1-3H3;2H,1H3. The summed E-state index contributed by atoms with van der Waals surface area (Å²) in [6.45, 7) is 3.49. The van der Waals surface area contributed by atoms with E-state index >= 15 is 0 Å². The lowest BCUT2D eigenvalue weighted by atomic mass is 10.0. The molecule has 1 N–H and O–H groups in total. The molecule has 0 saturated carbocycles. The van der Waals surface area contributed by atoms with Crippen molar-refractivity contribution in [2.45, 2.75) is 26.3 Å². The van der Waals surface area contributed by atoms with Crippen molar-refractivity contribution in [3.8, 4) is 0 Å². The number of hydrogen-bond acceptors (Lipinski definition) is 4. The average molecular weight is 251 g/mol. The normalized spacial score (nSPS) is 10.9. The van der Waals surface area contributed by atoms with Crippen molar-refractivity contribution >= 4 is 12.3 Å². The third-order valence-electron chi connectivity index (χ3n) is 2.39. The van der Waals surface area contributed by atoms with Crippen LogP contribution in [0.5, 0.6) is 0 Å². The lowest BCUT2D eigenvalue weighted by Gasteiger charge is -2.13. The van der Waals surface area contributed by atoms with E-state index < -0.39 is 0 Å². The fraction of sp³-hybridized carbons (Fsp3) is 0.429. The van der Waals surface area contributed by atoms with Gasteiger partial charge >= 0.3 is 5.97 Å². The van der Waals surface area contributed by atoms with Crippen LogP contribution in [0.1, 0.15) is 18.1 Å². The zero-order valence-corrected chi connectivity index (χ0v) is 11.4. The van der Waals surface area contributed by atoms with E-state index in [1.54, 1.807) is 7.05 Å². The molecule has 1 aromatic carbocycles. The Kier molecular flexibility index (Phi) is 8.49. The summed E-state index contributed by atoms with van der Waals surface area (Å²) >= 11 is 0. The van der Waals surface area contributed by atoms with Crippen molar-refractivity contribution in [1.29, 1.82) is 0 Å². The van der Waals surface area contributed by atoms with Crippen LogP contribution in [0.15, 0.2) is 24.3 Å². The van der Waals surface area contributed by atoms with Gasteiger partial charge in [-0.3, -0.25) is 4.79 Å². The molecule has 0 heterocycles. The number of esters is 1. The Labute approximate surface area is 108 Å². The van der Waals surface area contributed by atoms with Crippen LogP contribution in [0.4, 0.5) is 0 Å². The summed E-state index contributed by atoms with van der Waals surface area (Å²) in [5.41, 5.74) is 2.35. The number of carbonyl (C=O) groups excluding carboxylic acids is 2. The highest BCUT2D eigenvalue weighted by Crippen LogP contribution is 2.06. The molecule has 0 aliphatic heterocycles. The number of aldehydes is 1. The van der Waals surface area contributed by atoms with Crippen molar-refractivity contribution in [1.82, 2.24) is 5.32 Å². The number of carbonyl (C=O) groups is 2. The fourth-order valence-corrected chi connectivity index (χ4v) is 1.41. The topological polar surface area (TPSA) is 55.4 Å². The van der Waals surface area contributed by atoms with Crippen LogP contribution in [0.2, 0.25) is 0 Å². The van der Waals surface area contributed by atoms with E-state index in [2.05, 4.69) is 5.32 Å². The van der Waals surface area contributed by atoms with Gasteiger partial charge in [-0.05, 0) is 32.9 Å². The molecule has 0 saturated heterocycles. The van der Waals surface area contributed by atoms with Crippen molar-refractivity contribution in [3.63, 3.8) is 0 Å². The van der Waals surface area contributed by atoms with Crippen molar-refractivity contribution < 1.29 is 14.3 Å². The Balaban J connectivity index is 0.000000873. The second kappa shape index (κ2) is 9.36. The first-order chi connectivity index (χ1) is 8.58. The number of nitrogens with one attached hydrogen (secondary N) is 1. The number of ether oxygens (including phenoxy) is 1. The SMILES string of the molecule is CC=O.CNC(Cc1ccc(C)cc1)C(=O)OC. The number of benzene rings is 1. The molecule has 4 nitrogen and oxygen atoms in total. The maximum Gasteiger partial charge on any atom is 0.323 e. The fourth-order valence-electron chi connectivity index (χ4n) is 1.41. The highest BCUT2D eigenvalue weighted by molar-refractivity contribution is 5.76. The van der Waals surface area contributed by atoms with E-state index in [0.29, 0.717) is 6.42 Å². The molecule has 0 aliphatic rings. The summed E-state index contributed by atoms with van der Waals surface area (Å²) in [4.78, 5) is 20.1. The largest absolute Gasteiger partial charge is 0.468 e. The predicted octanol–water partition coefficient (Wildman–Crippen LogP) is 1.50. The predicted molar refractivity (Wildman–Crippen MR) is 71.5 cm³/mol. The van der Waals surface area contributed by atoms with Gasteiger partial charge in [0.25, 0.3) is 0 Å². The van der Waals surface area contributed by atoms with E-state index in [9.17, 15) is 4.79 Å². The van der Waals surface area contributed by atoms with E-state index in [0.717, 1.165) is 11.8 Å². The summed E-state index contributed by atoms with van der Waals surface area (Å²) in [6, 6.07) is 7.88. The lowest BCUT2D eigenvalue weighted by Crippen LogP contribution is -2.36. The number of rotatable bonds is 4. The summed E-state index contributed by atoms with van der Waals surface area (Å²) in [6.07, 6.45) is 1.41. The Hall–Kier alpha value is -1.68. The minimum Gasteiger partial charge on any atom is -0.468 e. The van der Waals surface area contributed by atoms with Gasteiger partial charge in [-0.2, -0.15) is 0 Å². The molecular formula is C14H21NO3. The molecule has 100 valence electrons. The van der Waals surface area contributed by atoms with Gasteiger partial charge in [-0.1, -0.05) is 29.8 Å². The average Bonchev–Trinajstić information content (AvgIpc) is 2.38. The summed E-state index contributed by atoms with van der Waals surface area (Å²) in [5, 5.41) is 2.94. The van der Waals surface area contributed by atoms with Crippen LogP contribution in [0.3, 0.4) is 0 Å². The summed E-state index contributed by atoms with van der Waals surface area (Å²) in [5.74, 6) is -0.224. The van der Waals surface area contributed by atoms with Crippen LogP contribution in [0.25, 0.3) is 0 Å². The van der Waals surface area contributed by atoms with Gasteiger partial charge in [0.05, 0.1) is 7.11 Å².